The van der Waals surface area contributed by atoms with Gasteiger partial charge < -0.3 is 5.73 Å². The van der Waals surface area contributed by atoms with Crippen LogP contribution in [0.25, 0.3) is 11.3 Å². The zero-order chi connectivity index (χ0) is 13.1. The summed E-state index contributed by atoms with van der Waals surface area (Å²) in [4.78, 5) is 6.09. The first kappa shape index (κ1) is 13.5. The van der Waals surface area contributed by atoms with Crippen LogP contribution in [0.5, 0.6) is 0 Å². The third-order valence-electron chi connectivity index (χ3n) is 3.04. The summed E-state index contributed by atoms with van der Waals surface area (Å²) in [6, 6.07) is 10.4. The van der Waals surface area contributed by atoms with Gasteiger partial charge in [0.2, 0.25) is 0 Å². The summed E-state index contributed by atoms with van der Waals surface area (Å²) in [5, 5.41) is 1.79. The lowest BCUT2D eigenvalue weighted by Crippen LogP contribution is -2.05. The van der Waals surface area contributed by atoms with Gasteiger partial charge in [-0.3, -0.25) is 0 Å². The first-order chi connectivity index (χ1) is 9.38. The molecule has 1 aliphatic heterocycles. The molecule has 1 aromatic carbocycles. The van der Waals surface area contributed by atoms with Crippen LogP contribution in [-0.2, 0) is 6.54 Å². The van der Waals surface area contributed by atoms with Gasteiger partial charge >= 0.3 is 0 Å². The van der Waals surface area contributed by atoms with Crippen LogP contribution in [0.2, 0.25) is 0 Å². The van der Waals surface area contributed by atoms with E-state index in [0.29, 0.717) is 11.8 Å². The average molecular weight is 308 g/mol. The fraction of sp³-hybridized carbons (Fsp3) is 0.357. The smallest absolute Gasteiger partial charge is 0.107 e. The predicted molar refractivity (Wildman–Crippen MR) is 88.0 cm³/mol. The van der Waals surface area contributed by atoms with Crippen LogP contribution in [-0.4, -0.2) is 22.2 Å². The second-order valence-corrected chi connectivity index (χ2v) is 7.90. The van der Waals surface area contributed by atoms with Crippen molar-refractivity contribution < 1.29 is 0 Å². The van der Waals surface area contributed by atoms with Crippen LogP contribution in [0.3, 0.4) is 0 Å². The maximum Gasteiger partial charge on any atom is 0.107 e. The Bertz CT molecular complexity index is 533. The number of nitrogens with zero attached hydrogens (tertiary/aromatic N) is 1. The van der Waals surface area contributed by atoms with E-state index in [4.69, 9.17) is 10.7 Å². The molecule has 1 unspecified atom stereocenters. The van der Waals surface area contributed by atoms with Gasteiger partial charge in [0.1, 0.15) is 5.01 Å². The highest BCUT2D eigenvalue weighted by Crippen LogP contribution is 2.41. The lowest BCUT2D eigenvalue weighted by Gasteiger charge is -2.18. The lowest BCUT2D eigenvalue weighted by molar-refractivity contribution is 1.06. The Hall–Kier alpha value is -0.490. The van der Waals surface area contributed by atoms with E-state index in [2.05, 4.69) is 24.3 Å². The summed E-state index contributed by atoms with van der Waals surface area (Å²) in [5.41, 5.74) is 8.15. The summed E-state index contributed by atoms with van der Waals surface area (Å²) >= 11 is 5.85. The molecule has 100 valence electrons. The van der Waals surface area contributed by atoms with E-state index in [1.54, 1.807) is 11.3 Å². The summed E-state index contributed by atoms with van der Waals surface area (Å²) < 4.78 is 0. The molecule has 0 amide bonds. The summed E-state index contributed by atoms with van der Waals surface area (Å²) in [7, 11) is 0. The first-order valence-corrected chi connectivity index (χ1v) is 9.35. The van der Waals surface area contributed by atoms with E-state index < -0.39 is 0 Å². The molecule has 0 saturated carbocycles. The minimum Gasteiger partial charge on any atom is -0.326 e. The Morgan fingerprint density at radius 3 is 2.74 bits per heavy atom. The molecule has 3 rings (SSSR count). The maximum atomic E-state index is 5.89. The minimum absolute atomic E-state index is 0.548. The second-order valence-electron chi connectivity index (χ2n) is 4.33. The second kappa shape index (κ2) is 6.31. The Balaban J connectivity index is 1.94. The van der Waals surface area contributed by atoms with Gasteiger partial charge in [0, 0.05) is 34.2 Å². The molecule has 1 saturated heterocycles. The molecule has 0 bridgehead atoms. The van der Waals surface area contributed by atoms with E-state index in [0.717, 1.165) is 5.69 Å². The van der Waals surface area contributed by atoms with Crippen molar-refractivity contribution in [1.82, 2.24) is 4.98 Å². The highest BCUT2D eigenvalue weighted by molar-refractivity contribution is 8.06. The van der Waals surface area contributed by atoms with Crippen molar-refractivity contribution in [3.8, 4) is 11.3 Å². The molecule has 0 aliphatic carbocycles. The van der Waals surface area contributed by atoms with E-state index in [1.807, 2.05) is 29.6 Å². The van der Waals surface area contributed by atoms with Gasteiger partial charge in [-0.05, 0) is 0 Å². The number of rotatable bonds is 3. The molecule has 0 spiro atoms. The van der Waals surface area contributed by atoms with Gasteiger partial charge in [-0.2, -0.15) is 11.8 Å². The fourth-order valence-electron chi connectivity index (χ4n) is 2.10. The summed E-state index contributed by atoms with van der Waals surface area (Å²) in [6.45, 7) is 0.576. The zero-order valence-electron chi connectivity index (χ0n) is 10.5. The van der Waals surface area contributed by atoms with Crippen LogP contribution in [0.15, 0.2) is 30.3 Å². The Kier molecular flexibility index (Phi) is 4.48. The third kappa shape index (κ3) is 2.99. The van der Waals surface area contributed by atoms with Gasteiger partial charge in [0.25, 0.3) is 0 Å². The Morgan fingerprint density at radius 2 is 2.05 bits per heavy atom. The third-order valence-corrected chi connectivity index (χ3v) is 7.14. The number of nitrogens with two attached hydrogens (primary N) is 1. The number of benzene rings is 1. The normalized spacial score (nSPS) is 19.5. The molecule has 1 atom stereocenters. The number of hydrogen-bond acceptors (Lipinski definition) is 5. The topological polar surface area (TPSA) is 38.9 Å². The Morgan fingerprint density at radius 1 is 1.21 bits per heavy atom. The van der Waals surface area contributed by atoms with E-state index >= 15 is 0 Å². The monoisotopic (exact) mass is 308 g/mol. The molecular weight excluding hydrogens is 292 g/mol. The van der Waals surface area contributed by atoms with Gasteiger partial charge in [-0.25, -0.2) is 4.98 Å². The molecule has 2 aromatic rings. The van der Waals surface area contributed by atoms with Crippen molar-refractivity contribution in [3.05, 3.63) is 40.2 Å². The number of thioether (sulfide) groups is 2. The molecule has 5 heteroatoms. The molecule has 1 aromatic heterocycles. The number of thiazole rings is 1. The average Bonchev–Trinajstić information content (AvgIpc) is 2.93. The summed E-state index contributed by atoms with van der Waals surface area (Å²) in [5.74, 6) is 3.67. The molecule has 2 nitrogen and oxygen atoms in total. The SMILES string of the molecule is NCc1sc(C2CSCCS2)nc1-c1ccccc1. The van der Waals surface area contributed by atoms with Crippen molar-refractivity contribution in [2.45, 2.75) is 11.8 Å². The first-order valence-electron chi connectivity index (χ1n) is 6.33. The number of hydrogen-bond donors (Lipinski definition) is 1. The van der Waals surface area contributed by atoms with Crippen LogP contribution in [0.1, 0.15) is 15.1 Å². The molecular formula is C14H16N2S3. The molecule has 1 fully saturated rings. The highest BCUT2D eigenvalue weighted by atomic mass is 32.2. The number of aromatic nitrogens is 1. The van der Waals surface area contributed by atoms with Crippen LogP contribution >= 0.6 is 34.9 Å². The summed E-state index contributed by atoms with van der Waals surface area (Å²) in [6.07, 6.45) is 0. The molecule has 0 radical (unpaired) electrons. The van der Waals surface area contributed by atoms with Gasteiger partial charge in [0.05, 0.1) is 10.9 Å². The van der Waals surface area contributed by atoms with Crippen molar-refractivity contribution >= 4 is 34.9 Å². The van der Waals surface area contributed by atoms with Crippen LogP contribution in [0.4, 0.5) is 0 Å². The maximum absolute atomic E-state index is 5.89. The molecule has 2 N–H and O–H groups in total. The standard InChI is InChI=1S/C14H16N2S3/c15-8-11-13(10-4-2-1-3-5-10)16-14(19-11)12-9-17-6-7-18-12/h1-5,12H,6-9,15H2. The molecule has 1 aliphatic rings. The van der Waals surface area contributed by atoms with Crippen molar-refractivity contribution in [2.75, 3.05) is 17.3 Å². The Labute approximate surface area is 126 Å². The van der Waals surface area contributed by atoms with Crippen LogP contribution < -0.4 is 5.73 Å². The fourth-order valence-corrected chi connectivity index (χ4v) is 6.05. The van der Waals surface area contributed by atoms with Crippen molar-refractivity contribution in [1.29, 1.82) is 0 Å². The lowest BCUT2D eigenvalue weighted by atomic mass is 10.1. The van der Waals surface area contributed by atoms with Gasteiger partial charge in [-0.1, -0.05) is 30.3 Å². The predicted octanol–water partition coefficient (Wildman–Crippen LogP) is 3.79. The highest BCUT2D eigenvalue weighted by Gasteiger charge is 2.22. The largest absolute Gasteiger partial charge is 0.326 e. The van der Waals surface area contributed by atoms with E-state index in [1.165, 1.54) is 32.7 Å². The molecule has 2 heterocycles. The van der Waals surface area contributed by atoms with Gasteiger partial charge in [0.15, 0.2) is 0 Å². The van der Waals surface area contributed by atoms with E-state index in [-0.39, 0.29) is 0 Å². The van der Waals surface area contributed by atoms with E-state index in [9.17, 15) is 0 Å². The zero-order valence-corrected chi connectivity index (χ0v) is 13.0. The quantitative estimate of drug-likeness (QED) is 0.936. The van der Waals surface area contributed by atoms with Crippen molar-refractivity contribution in [2.24, 2.45) is 5.73 Å². The van der Waals surface area contributed by atoms with Crippen LogP contribution in [0, 0.1) is 0 Å². The molecule has 19 heavy (non-hydrogen) atoms. The van der Waals surface area contributed by atoms with Gasteiger partial charge in [-0.15, -0.1) is 23.1 Å². The van der Waals surface area contributed by atoms with Crippen molar-refractivity contribution in [3.63, 3.8) is 0 Å². The minimum atomic E-state index is 0.548.